The third-order valence-electron chi connectivity index (χ3n) is 5.76. The van der Waals surface area contributed by atoms with E-state index in [4.69, 9.17) is 0 Å². The number of carbonyl (C=O) groups excluding carboxylic acids is 2. The summed E-state index contributed by atoms with van der Waals surface area (Å²) in [5, 5.41) is 9.70. The number of aromatic nitrogens is 4. The summed E-state index contributed by atoms with van der Waals surface area (Å²) in [7, 11) is 3.26. The van der Waals surface area contributed by atoms with Gasteiger partial charge in [0.25, 0.3) is 5.91 Å². The molecule has 0 radical (unpaired) electrons. The Morgan fingerprint density at radius 2 is 1.97 bits per heavy atom. The zero-order valence-corrected chi connectivity index (χ0v) is 17.6. The Morgan fingerprint density at radius 3 is 2.66 bits per heavy atom. The average molecular weight is 432 g/mol. The lowest BCUT2D eigenvalue weighted by Crippen LogP contribution is -2.21. The molecule has 1 aromatic carbocycles. The fraction of sp³-hybridized carbons (Fsp3) is 0.261. The van der Waals surface area contributed by atoms with Crippen LogP contribution >= 0.6 is 0 Å². The van der Waals surface area contributed by atoms with Crippen LogP contribution in [0.5, 0.6) is 0 Å². The number of benzene rings is 1. The van der Waals surface area contributed by atoms with E-state index in [1.807, 2.05) is 0 Å². The SMILES string of the molecule is CNC(=O)c1cnc(NC(=O)C2CC2)c2c1C=C(c1cccc(-c3ncn(C)n3)c1F)C2. The number of halogens is 1. The van der Waals surface area contributed by atoms with Gasteiger partial charge in [0.2, 0.25) is 5.91 Å². The molecule has 2 aromatic heterocycles. The predicted octanol–water partition coefficient (Wildman–Crippen LogP) is 2.82. The van der Waals surface area contributed by atoms with Crippen molar-refractivity contribution in [2.75, 3.05) is 12.4 Å². The van der Waals surface area contributed by atoms with Crippen molar-refractivity contribution in [1.82, 2.24) is 25.1 Å². The predicted molar refractivity (Wildman–Crippen MR) is 117 cm³/mol. The first-order valence-corrected chi connectivity index (χ1v) is 10.4. The average Bonchev–Trinajstić information content (AvgIpc) is 3.41. The topological polar surface area (TPSA) is 102 Å². The second-order valence-corrected chi connectivity index (χ2v) is 8.01. The van der Waals surface area contributed by atoms with Crippen LogP contribution in [0.25, 0.3) is 23.0 Å². The Labute approximate surface area is 183 Å². The summed E-state index contributed by atoms with van der Waals surface area (Å²) in [6.07, 6.45) is 6.83. The number of rotatable bonds is 5. The number of fused-ring (bicyclic) bond motifs is 1. The van der Waals surface area contributed by atoms with Crippen LogP contribution in [0.15, 0.2) is 30.7 Å². The van der Waals surface area contributed by atoms with Gasteiger partial charge in [0, 0.05) is 43.8 Å². The van der Waals surface area contributed by atoms with Crippen LogP contribution in [-0.4, -0.2) is 38.6 Å². The van der Waals surface area contributed by atoms with Crippen molar-refractivity contribution < 1.29 is 14.0 Å². The molecule has 9 heteroatoms. The first-order valence-electron chi connectivity index (χ1n) is 10.4. The van der Waals surface area contributed by atoms with Gasteiger partial charge in [-0.15, -0.1) is 0 Å². The molecule has 1 fully saturated rings. The molecular formula is C23H21FN6O2. The molecule has 162 valence electrons. The third kappa shape index (κ3) is 3.45. The Morgan fingerprint density at radius 1 is 1.19 bits per heavy atom. The lowest BCUT2D eigenvalue weighted by Gasteiger charge is -2.12. The van der Waals surface area contributed by atoms with Gasteiger partial charge in [0.05, 0.1) is 11.1 Å². The van der Waals surface area contributed by atoms with Gasteiger partial charge < -0.3 is 10.6 Å². The van der Waals surface area contributed by atoms with E-state index >= 15 is 4.39 Å². The van der Waals surface area contributed by atoms with E-state index in [2.05, 4.69) is 25.7 Å². The number of pyridine rings is 1. The minimum Gasteiger partial charge on any atom is -0.355 e. The summed E-state index contributed by atoms with van der Waals surface area (Å²) in [6.45, 7) is 0. The van der Waals surface area contributed by atoms with Gasteiger partial charge in [-0.1, -0.05) is 12.1 Å². The van der Waals surface area contributed by atoms with Crippen molar-refractivity contribution >= 4 is 29.3 Å². The standard InChI is InChI=1S/C23H21FN6O2/c1-25-23(32)18-10-26-20(28-22(31)12-6-7-12)17-9-13(8-16(17)18)14-4-3-5-15(19(14)24)21-27-11-30(2)29-21/h3-5,8,10-12H,6-7,9H2,1-2H3,(H,25,32)(H,26,28,31). The number of aryl methyl sites for hydroxylation is 1. The Balaban J connectivity index is 1.56. The number of allylic oxidation sites excluding steroid dienone is 1. The molecule has 2 amide bonds. The molecule has 5 rings (SSSR count). The van der Waals surface area contributed by atoms with E-state index in [0.29, 0.717) is 51.5 Å². The van der Waals surface area contributed by atoms with Gasteiger partial charge in [0.15, 0.2) is 5.82 Å². The van der Waals surface area contributed by atoms with Crippen molar-refractivity contribution in [2.45, 2.75) is 19.3 Å². The minimum atomic E-state index is -0.434. The van der Waals surface area contributed by atoms with Gasteiger partial charge in [-0.25, -0.2) is 14.4 Å². The zero-order valence-electron chi connectivity index (χ0n) is 17.6. The van der Waals surface area contributed by atoms with E-state index in [-0.39, 0.29) is 17.7 Å². The summed E-state index contributed by atoms with van der Waals surface area (Å²) in [5.74, 6) is -0.0732. The van der Waals surface area contributed by atoms with Crippen LogP contribution in [-0.2, 0) is 18.3 Å². The fourth-order valence-electron chi connectivity index (χ4n) is 3.90. The Bertz CT molecular complexity index is 1290. The van der Waals surface area contributed by atoms with Gasteiger partial charge in [-0.3, -0.25) is 14.3 Å². The van der Waals surface area contributed by atoms with Crippen LogP contribution in [0.3, 0.4) is 0 Å². The molecule has 32 heavy (non-hydrogen) atoms. The molecule has 8 nitrogen and oxygen atoms in total. The first kappa shape index (κ1) is 20.0. The van der Waals surface area contributed by atoms with Crippen molar-refractivity contribution in [3.8, 4) is 11.4 Å². The third-order valence-corrected chi connectivity index (χ3v) is 5.76. The maximum absolute atomic E-state index is 15.5. The molecule has 0 spiro atoms. The molecule has 3 aromatic rings. The number of amides is 2. The Kier molecular flexibility index (Phi) is 4.80. The molecule has 2 N–H and O–H groups in total. The first-order chi connectivity index (χ1) is 15.5. The lowest BCUT2D eigenvalue weighted by atomic mass is 10.00. The van der Waals surface area contributed by atoms with E-state index in [1.54, 1.807) is 38.4 Å². The van der Waals surface area contributed by atoms with E-state index in [0.717, 1.165) is 12.8 Å². The van der Waals surface area contributed by atoms with Gasteiger partial charge in [-0.2, -0.15) is 5.10 Å². The van der Waals surface area contributed by atoms with Gasteiger partial charge in [-0.05, 0) is 36.1 Å². The lowest BCUT2D eigenvalue weighted by molar-refractivity contribution is -0.117. The number of nitrogens with one attached hydrogen (secondary N) is 2. The molecule has 0 aliphatic heterocycles. The number of nitrogens with zero attached hydrogens (tertiary/aromatic N) is 4. The van der Waals surface area contributed by atoms with Crippen molar-refractivity contribution in [3.63, 3.8) is 0 Å². The highest BCUT2D eigenvalue weighted by Crippen LogP contribution is 2.39. The van der Waals surface area contributed by atoms with E-state index < -0.39 is 5.82 Å². The molecule has 0 atom stereocenters. The van der Waals surface area contributed by atoms with Crippen LogP contribution < -0.4 is 10.6 Å². The second-order valence-electron chi connectivity index (χ2n) is 8.01. The van der Waals surface area contributed by atoms with Crippen molar-refractivity contribution in [3.05, 3.63) is 58.8 Å². The Hall–Kier alpha value is -3.88. The highest BCUT2D eigenvalue weighted by Gasteiger charge is 2.32. The van der Waals surface area contributed by atoms with E-state index in [9.17, 15) is 9.59 Å². The summed E-state index contributed by atoms with van der Waals surface area (Å²) in [4.78, 5) is 33.3. The molecule has 0 unspecified atom stereocenters. The largest absolute Gasteiger partial charge is 0.355 e. The highest BCUT2D eigenvalue weighted by molar-refractivity contribution is 6.04. The van der Waals surface area contributed by atoms with E-state index in [1.165, 1.54) is 17.2 Å². The summed E-state index contributed by atoms with van der Waals surface area (Å²) < 4.78 is 17.0. The minimum absolute atomic E-state index is 0.0138. The van der Waals surface area contributed by atoms with Gasteiger partial charge >= 0.3 is 0 Å². The summed E-state index contributed by atoms with van der Waals surface area (Å²) in [5.41, 5.74) is 3.11. The number of hydrogen-bond donors (Lipinski definition) is 2. The zero-order chi connectivity index (χ0) is 22.4. The highest BCUT2D eigenvalue weighted by atomic mass is 19.1. The molecular weight excluding hydrogens is 411 g/mol. The van der Waals surface area contributed by atoms with Crippen LogP contribution in [0.1, 0.15) is 39.9 Å². The normalized spacial score (nSPS) is 14.7. The monoisotopic (exact) mass is 432 g/mol. The summed E-state index contributed by atoms with van der Waals surface area (Å²) in [6, 6.07) is 5.08. The number of anilines is 1. The fourth-order valence-corrected chi connectivity index (χ4v) is 3.90. The second kappa shape index (κ2) is 7.67. The molecule has 0 bridgehead atoms. The molecule has 0 saturated heterocycles. The molecule has 2 aliphatic carbocycles. The van der Waals surface area contributed by atoms with Crippen LogP contribution in [0.2, 0.25) is 0 Å². The maximum atomic E-state index is 15.5. The number of carbonyl (C=O) groups is 2. The maximum Gasteiger partial charge on any atom is 0.253 e. The van der Waals surface area contributed by atoms with Crippen LogP contribution in [0.4, 0.5) is 10.2 Å². The van der Waals surface area contributed by atoms with Crippen LogP contribution in [0, 0.1) is 11.7 Å². The quantitative estimate of drug-likeness (QED) is 0.646. The summed E-state index contributed by atoms with van der Waals surface area (Å²) >= 11 is 0. The smallest absolute Gasteiger partial charge is 0.253 e. The molecule has 2 heterocycles. The molecule has 1 saturated carbocycles. The molecule has 2 aliphatic rings. The van der Waals surface area contributed by atoms with Gasteiger partial charge in [0.1, 0.15) is 18.0 Å². The van der Waals surface area contributed by atoms with Crippen molar-refractivity contribution in [1.29, 1.82) is 0 Å². The van der Waals surface area contributed by atoms with Crippen molar-refractivity contribution in [2.24, 2.45) is 13.0 Å². The number of hydrogen-bond acceptors (Lipinski definition) is 5.